The second-order valence-corrected chi connectivity index (χ2v) is 12.2. The van der Waals surface area contributed by atoms with Gasteiger partial charge in [-0.1, -0.05) is 30.3 Å². The number of thiophene rings is 1. The Morgan fingerprint density at radius 3 is 2.40 bits per heavy atom. The van der Waals surface area contributed by atoms with Crippen molar-refractivity contribution >= 4 is 27.5 Å². The van der Waals surface area contributed by atoms with E-state index in [0.29, 0.717) is 21.2 Å². The van der Waals surface area contributed by atoms with Gasteiger partial charge in [0, 0.05) is 0 Å². The average Bonchev–Trinajstić information content (AvgIpc) is 3.53. The number of fused-ring (bicyclic) bond motifs is 1. The van der Waals surface area contributed by atoms with Crippen LogP contribution in [0.4, 0.5) is 0 Å². The molecule has 4 aromatic rings. The van der Waals surface area contributed by atoms with Gasteiger partial charge in [-0.15, -0.1) is 11.3 Å². The number of benzene rings is 1. The summed E-state index contributed by atoms with van der Waals surface area (Å²) in [5.74, 6) is -0.393. The van der Waals surface area contributed by atoms with Gasteiger partial charge in [0.25, 0.3) is 5.56 Å². The Morgan fingerprint density at radius 1 is 1.15 bits per heavy atom. The van der Waals surface area contributed by atoms with Crippen LogP contribution in [0.3, 0.4) is 0 Å². The zero-order chi connectivity index (χ0) is 29.4. The van der Waals surface area contributed by atoms with Crippen molar-refractivity contribution < 1.29 is 23.8 Å². The Bertz CT molecular complexity index is 1610. The summed E-state index contributed by atoms with van der Waals surface area (Å²) in [6.45, 7) is 11.5. The maximum atomic E-state index is 14.2. The number of aromatic nitrogens is 3. The molecule has 0 fully saturated rings. The molecule has 0 amide bonds. The van der Waals surface area contributed by atoms with Crippen LogP contribution < -0.4 is 11.2 Å². The summed E-state index contributed by atoms with van der Waals surface area (Å²) in [5.41, 5.74) is -2.39. The summed E-state index contributed by atoms with van der Waals surface area (Å²) in [4.78, 5) is 46.8. The van der Waals surface area contributed by atoms with Gasteiger partial charge in [0.2, 0.25) is 5.89 Å². The van der Waals surface area contributed by atoms with E-state index in [9.17, 15) is 19.5 Å². The molecule has 0 aliphatic heterocycles. The highest BCUT2D eigenvalue weighted by molar-refractivity contribution is 7.22. The van der Waals surface area contributed by atoms with Crippen LogP contribution in [0.25, 0.3) is 21.0 Å². The van der Waals surface area contributed by atoms with Crippen molar-refractivity contribution in [1.82, 2.24) is 14.1 Å². The molecule has 40 heavy (non-hydrogen) atoms. The van der Waals surface area contributed by atoms with Crippen molar-refractivity contribution in [3.8, 4) is 10.8 Å². The van der Waals surface area contributed by atoms with E-state index in [1.807, 2.05) is 30.3 Å². The van der Waals surface area contributed by atoms with Crippen molar-refractivity contribution in [3.05, 3.63) is 74.8 Å². The quantitative estimate of drug-likeness (QED) is 0.294. The van der Waals surface area contributed by atoms with Crippen LogP contribution in [0.1, 0.15) is 58.8 Å². The maximum Gasteiger partial charge on any atom is 0.333 e. The standard InChI is InChI=1S/C29H35N3O7S/c1-17(16-33)38-20(19-11-9-8-10-12-19)15-31-25-21(18(2)22(40-25)23-30-13-14-37-23)24(34)32(27(31)36)29(6,7)26(35)39-28(3,4)5/h8-14,17,20,33H,15-16H2,1-7H3/t17-,20-/m0/s1. The predicted octanol–water partition coefficient (Wildman–Crippen LogP) is 4.40. The number of aliphatic hydroxyl groups is 1. The number of hydrogen-bond acceptors (Lipinski definition) is 9. The SMILES string of the molecule is Cc1c(-c2ncco2)sc2c1c(=O)n(C(C)(C)C(=O)OC(C)(C)C)c(=O)n2C[C@H](O[C@@H](C)CO)c1ccccc1. The first kappa shape index (κ1) is 29.4. The molecule has 1 aromatic carbocycles. The molecule has 2 atom stereocenters. The fourth-order valence-corrected chi connectivity index (χ4v) is 5.66. The highest BCUT2D eigenvalue weighted by Crippen LogP contribution is 2.36. The van der Waals surface area contributed by atoms with Crippen LogP contribution in [0.15, 0.2) is 56.8 Å². The first-order chi connectivity index (χ1) is 18.8. The van der Waals surface area contributed by atoms with E-state index in [-0.39, 0.29) is 18.5 Å². The molecule has 11 heteroatoms. The van der Waals surface area contributed by atoms with Crippen molar-refractivity contribution in [2.24, 2.45) is 0 Å². The highest BCUT2D eigenvalue weighted by Gasteiger charge is 2.39. The second-order valence-electron chi connectivity index (χ2n) is 11.2. The van der Waals surface area contributed by atoms with Crippen LogP contribution in [0.2, 0.25) is 0 Å². The minimum atomic E-state index is -1.63. The molecule has 0 aliphatic rings. The van der Waals surface area contributed by atoms with E-state index < -0.39 is 40.6 Å². The minimum Gasteiger partial charge on any atom is -0.458 e. The van der Waals surface area contributed by atoms with Gasteiger partial charge in [0.15, 0.2) is 0 Å². The number of oxazole rings is 1. The van der Waals surface area contributed by atoms with E-state index in [0.717, 1.165) is 10.1 Å². The van der Waals surface area contributed by atoms with Crippen molar-refractivity contribution in [1.29, 1.82) is 0 Å². The molecule has 3 aromatic heterocycles. The monoisotopic (exact) mass is 569 g/mol. The molecule has 10 nitrogen and oxygen atoms in total. The third-order valence-corrected chi connectivity index (χ3v) is 7.77. The molecule has 0 radical (unpaired) electrons. The molecular formula is C29H35N3O7S. The number of ether oxygens (including phenoxy) is 2. The van der Waals surface area contributed by atoms with E-state index in [1.165, 1.54) is 42.2 Å². The summed E-state index contributed by atoms with van der Waals surface area (Å²) in [6, 6.07) is 9.33. The van der Waals surface area contributed by atoms with Gasteiger partial charge in [0.05, 0.1) is 35.7 Å². The topological polar surface area (TPSA) is 126 Å². The molecule has 4 rings (SSSR count). The average molecular weight is 570 g/mol. The highest BCUT2D eigenvalue weighted by atomic mass is 32.1. The van der Waals surface area contributed by atoms with Gasteiger partial charge in [-0.05, 0) is 59.6 Å². The molecule has 0 aliphatic carbocycles. The summed E-state index contributed by atoms with van der Waals surface area (Å²) in [6.07, 6.45) is 1.78. The Hall–Kier alpha value is -3.54. The molecule has 214 valence electrons. The third-order valence-electron chi connectivity index (χ3n) is 6.47. The number of carbonyl (C=O) groups excluding carboxylic acids is 1. The van der Waals surface area contributed by atoms with Gasteiger partial charge in [0.1, 0.15) is 28.3 Å². The van der Waals surface area contributed by atoms with Crippen LogP contribution in [-0.2, 0) is 26.4 Å². The number of esters is 1. The second kappa shape index (κ2) is 11.1. The number of aliphatic hydroxyl groups excluding tert-OH is 1. The Labute approximate surface area is 235 Å². The smallest absolute Gasteiger partial charge is 0.333 e. The van der Waals surface area contributed by atoms with E-state index in [2.05, 4.69) is 4.98 Å². The van der Waals surface area contributed by atoms with Gasteiger partial charge in [-0.2, -0.15) is 0 Å². The van der Waals surface area contributed by atoms with Gasteiger partial charge >= 0.3 is 11.7 Å². The lowest BCUT2D eigenvalue weighted by molar-refractivity contribution is -0.164. The number of aryl methyl sites for hydroxylation is 1. The fraction of sp³-hybridized carbons (Fsp3) is 0.448. The lowest BCUT2D eigenvalue weighted by atomic mass is 10.0. The normalized spacial score (nSPS) is 13.9. The predicted molar refractivity (Wildman–Crippen MR) is 153 cm³/mol. The number of hydrogen-bond donors (Lipinski definition) is 1. The van der Waals surface area contributed by atoms with Crippen molar-refractivity contribution in [2.45, 2.75) is 78.4 Å². The first-order valence-corrected chi connectivity index (χ1v) is 13.8. The molecule has 0 saturated carbocycles. The lowest BCUT2D eigenvalue weighted by Gasteiger charge is -2.30. The number of rotatable bonds is 9. The van der Waals surface area contributed by atoms with Gasteiger partial charge < -0.3 is 19.0 Å². The van der Waals surface area contributed by atoms with E-state index >= 15 is 0 Å². The molecule has 0 spiro atoms. The molecule has 3 heterocycles. The maximum absolute atomic E-state index is 14.2. The largest absolute Gasteiger partial charge is 0.458 e. The molecule has 1 N–H and O–H groups in total. The molecule has 0 saturated heterocycles. The fourth-order valence-electron chi connectivity index (χ4n) is 4.42. The van der Waals surface area contributed by atoms with E-state index in [1.54, 1.807) is 34.6 Å². The molecular weight excluding hydrogens is 534 g/mol. The van der Waals surface area contributed by atoms with Crippen LogP contribution in [-0.4, -0.2) is 43.5 Å². The molecule has 0 unspecified atom stereocenters. The Kier molecular flexibility index (Phi) is 8.21. The first-order valence-electron chi connectivity index (χ1n) is 13.0. The summed E-state index contributed by atoms with van der Waals surface area (Å²) >= 11 is 1.21. The zero-order valence-electron chi connectivity index (χ0n) is 23.8. The summed E-state index contributed by atoms with van der Waals surface area (Å²) < 4.78 is 19.7. The van der Waals surface area contributed by atoms with Crippen LogP contribution >= 0.6 is 11.3 Å². The summed E-state index contributed by atoms with van der Waals surface area (Å²) in [7, 11) is 0. The Balaban J connectivity index is 2.01. The van der Waals surface area contributed by atoms with Crippen molar-refractivity contribution in [2.75, 3.05) is 6.61 Å². The van der Waals surface area contributed by atoms with E-state index in [4.69, 9.17) is 13.9 Å². The van der Waals surface area contributed by atoms with Crippen LogP contribution in [0.5, 0.6) is 0 Å². The zero-order valence-corrected chi connectivity index (χ0v) is 24.6. The summed E-state index contributed by atoms with van der Waals surface area (Å²) in [5, 5.41) is 9.98. The van der Waals surface area contributed by atoms with Crippen LogP contribution in [0, 0.1) is 6.92 Å². The van der Waals surface area contributed by atoms with Gasteiger partial charge in [-0.25, -0.2) is 19.1 Å². The lowest BCUT2D eigenvalue weighted by Crippen LogP contribution is -2.54. The molecule has 0 bridgehead atoms. The minimum absolute atomic E-state index is 0.0132. The third kappa shape index (κ3) is 5.67. The Morgan fingerprint density at radius 2 is 1.82 bits per heavy atom. The number of nitrogens with zero attached hydrogens (tertiary/aromatic N) is 3. The number of carbonyl (C=O) groups is 1. The van der Waals surface area contributed by atoms with Gasteiger partial charge in [-0.3, -0.25) is 9.36 Å². The van der Waals surface area contributed by atoms with Crippen molar-refractivity contribution in [3.63, 3.8) is 0 Å².